The minimum atomic E-state index is -5.03. The number of esters is 1. The lowest BCUT2D eigenvalue weighted by Gasteiger charge is -2.64. The molecule has 1 spiro atoms. The second-order valence-electron chi connectivity index (χ2n) is 20.2. The maximum Gasteiger partial charge on any atom is 0.397 e. The molecule has 0 aromatic heterocycles. The van der Waals surface area contributed by atoms with Crippen molar-refractivity contribution in [2.75, 3.05) is 6.61 Å². The molecule has 0 aromatic carbocycles. The summed E-state index contributed by atoms with van der Waals surface area (Å²) >= 11 is 0. The van der Waals surface area contributed by atoms with Crippen molar-refractivity contribution in [1.82, 2.24) is 0 Å². The van der Waals surface area contributed by atoms with E-state index in [2.05, 4.69) is 45.7 Å². The zero-order chi connectivity index (χ0) is 42.8. The van der Waals surface area contributed by atoms with Gasteiger partial charge in [-0.05, 0) is 99.2 Å². The van der Waals surface area contributed by atoms with Crippen LogP contribution in [-0.4, -0.2) is 135 Å². The summed E-state index contributed by atoms with van der Waals surface area (Å²) < 4.78 is 67.8. The van der Waals surface area contributed by atoms with Crippen molar-refractivity contribution in [2.24, 2.45) is 39.4 Å². The molecule has 0 bridgehead atoms. The minimum Gasteiger partial charge on any atom is -0.456 e. The molecule has 3 aliphatic heterocycles. The highest BCUT2D eigenvalue weighted by Crippen LogP contribution is 2.77. The number of fused-ring (bicyclic) bond motifs is 4. The lowest BCUT2D eigenvalue weighted by Crippen LogP contribution is -2.68. The summed E-state index contributed by atoms with van der Waals surface area (Å²) in [6.45, 7) is 15.5. The van der Waals surface area contributed by atoms with Crippen LogP contribution in [0.4, 0.5) is 0 Å². The van der Waals surface area contributed by atoms with Crippen LogP contribution in [0, 0.1) is 39.4 Å². The summed E-state index contributed by atoms with van der Waals surface area (Å²) in [7, 11) is -5.03. The smallest absolute Gasteiger partial charge is 0.397 e. The van der Waals surface area contributed by atoms with Crippen LogP contribution < -0.4 is 0 Å². The van der Waals surface area contributed by atoms with Crippen LogP contribution in [0.1, 0.15) is 113 Å². The molecule has 18 atom stereocenters. The third-order valence-corrected chi connectivity index (χ3v) is 16.8. The molecule has 6 fully saturated rings. The van der Waals surface area contributed by atoms with E-state index in [1.54, 1.807) is 0 Å². The fourth-order valence-corrected chi connectivity index (χ4v) is 13.7. The lowest BCUT2D eigenvalue weighted by molar-refractivity contribution is -0.362. The van der Waals surface area contributed by atoms with E-state index < -0.39 is 123 Å². The van der Waals surface area contributed by atoms with Crippen LogP contribution in [0.2, 0.25) is 0 Å². The third kappa shape index (κ3) is 6.50. The van der Waals surface area contributed by atoms with Crippen molar-refractivity contribution in [3.8, 4) is 0 Å². The van der Waals surface area contributed by atoms with Gasteiger partial charge in [-0.3, -0.25) is 9.35 Å². The number of rotatable bonds is 10. The Kier molecular flexibility index (Phi) is 11.5. The van der Waals surface area contributed by atoms with E-state index >= 15 is 0 Å². The van der Waals surface area contributed by atoms with Gasteiger partial charge in [0.25, 0.3) is 0 Å². The van der Waals surface area contributed by atoms with E-state index in [4.69, 9.17) is 23.7 Å². The normalized spacial score (nSPS) is 51.3. The van der Waals surface area contributed by atoms with Gasteiger partial charge < -0.3 is 54.3 Å². The van der Waals surface area contributed by atoms with Gasteiger partial charge in [0.1, 0.15) is 53.2 Å². The molecular weight excluding hydrogens is 781 g/mol. The first-order valence-corrected chi connectivity index (χ1v) is 22.5. The van der Waals surface area contributed by atoms with E-state index in [1.807, 2.05) is 13.0 Å². The SMILES string of the molecule is CC(C)CCC[C@]1(C)OC(=O)C23C(O)C=C4[C@@H](CCC5C(C)(C)[C@@H](O[C@@H]6OC[C@@H](OS(=O)(=O)O)C(O)C6O[C@@H]6OC(C)[C@@H](O)C(O)C6O)CC[C@]45C)[C@]2(C)CC[C@@]31O. The quantitative estimate of drug-likeness (QED) is 0.0722. The van der Waals surface area contributed by atoms with Crippen LogP contribution in [0.3, 0.4) is 0 Å². The molecule has 17 heteroatoms. The summed E-state index contributed by atoms with van der Waals surface area (Å²) in [5.74, 6) is -0.164. The maximum absolute atomic E-state index is 14.3. The summed E-state index contributed by atoms with van der Waals surface area (Å²) in [5.41, 5.74) is -4.89. The van der Waals surface area contributed by atoms with Crippen molar-refractivity contribution in [3.05, 3.63) is 11.6 Å². The molecule has 0 radical (unpaired) electrons. The first-order valence-electron chi connectivity index (χ1n) is 21.1. The van der Waals surface area contributed by atoms with Gasteiger partial charge in [-0.2, -0.15) is 8.42 Å². The first kappa shape index (κ1) is 44.7. The molecule has 3 heterocycles. The van der Waals surface area contributed by atoms with Crippen LogP contribution in [0.15, 0.2) is 11.6 Å². The number of carbonyl (C=O) groups excluding carboxylic acids is 1. The van der Waals surface area contributed by atoms with Crippen molar-refractivity contribution in [1.29, 1.82) is 0 Å². The standard InChI is InChI=1S/C41H66O16S/c1-20(2)10-9-14-39(8)40(48)17-16-38(7)22-11-12-25-36(4,5)27(13-15-37(25,6)23(22)18-26(42)41(38,40)35(47)56-39)54-34-32(29(44)24(19-52-34)57-58(49,50)51)55-33-31(46)30(45)28(43)21(3)53-33/h18,20-22,24-34,42-46,48H,9-17,19H2,1-8H3,(H,49,50,51)/t21?,22-,24-,25?,26?,27+,28-,29?,30?,31?,32?,33+,34+,37-,38+,39+,40+,41?/m1/s1. The number of aliphatic hydroxyl groups is 6. The molecule has 8 unspecified atom stereocenters. The Hall–Kier alpha value is -1.32. The molecule has 0 amide bonds. The molecule has 3 saturated heterocycles. The molecule has 3 saturated carbocycles. The second-order valence-corrected chi connectivity index (χ2v) is 21.2. The van der Waals surface area contributed by atoms with Gasteiger partial charge in [-0.15, -0.1) is 0 Å². The fraction of sp³-hybridized carbons (Fsp3) is 0.927. The first-order chi connectivity index (χ1) is 26.8. The maximum atomic E-state index is 14.3. The average Bonchev–Trinajstić information content (AvgIpc) is 3.48. The minimum absolute atomic E-state index is 0.00676. The van der Waals surface area contributed by atoms with E-state index in [-0.39, 0.29) is 11.8 Å². The largest absolute Gasteiger partial charge is 0.456 e. The molecule has 16 nitrogen and oxygen atoms in total. The zero-order valence-electron chi connectivity index (χ0n) is 34.9. The second kappa shape index (κ2) is 14.9. The number of ether oxygens (including phenoxy) is 5. The van der Waals surface area contributed by atoms with Crippen LogP contribution >= 0.6 is 0 Å². The number of hydrogen-bond acceptors (Lipinski definition) is 15. The predicted octanol–water partition coefficient (Wildman–Crippen LogP) is 2.30. The molecule has 7 rings (SSSR count). The molecule has 4 aliphatic carbocycles. The molecule has 332 valence electrons. The number of cyclic esters (lactones) is 1. The van der Waals surface area contributed by atoms with Gasteiger partial charge in [0.15, 0.2) is 12.6 Å². The Morgan fingerprint density at radius 1 is 0.897 bits per heavy atom. The number of allylic oxidation sites excluding steroid dienone is 1. The van der Waals surface area contributed by atoms with E-state index in [0.29, 0.717) is 44.4 Å². The van der Waals surface area contributed by atoms with Gasteiger partial charge in [0.2, 0.25) is 0 Å². The van der Waals surface area contributed by atoms with Gasteiger partial charge in [-0.1, -0.05) is 59.6 Å². The predicted molar refractivity (Wildman–Crippen MR) is 204 cm³/mol. The highest BCUT2D eigenvalue weighted by atomic mass is 32.3. The van der Waals surface area contributed by atoms with Crippen molar-refractivity contribution in [3.63, 3.8) is 0 Å². The fourth-order valence-electron chi connectivity index (χ4n) is 13.2. The van der Waals surface area contributed by atoms with Gasteiger partial charge in [0.05, 0.1) is 24.9 Å². The Morgan fingerprint density at radius 3 is 2.24 bits per heavy atom. The lowest BCUT2D eigenvalue weighted by atomic mass is 9.40. The highest BCUT2D eigenvalue weighted by Gasteiger charge is 2.85. The van der Waals surface area contributed by atoms with Crippen LogP contribution in [0.5, 0.6) is 0 Å². The third-order valence-electron chi connectivity index (χ3n) is 16.3. The summed E-state index contributed by atoms with van der Waals surface area (Å²) in [6.07, 6.45) is -8.00. The van der Waals surface area contributed by atoms with Gasteiger partial charge in [0, 0.05) is 0 Å². The average molecular weight is 847 g/mol. The number of hydrogen-bond donors (Lipinski definition) is 7. The van der Waals surface area contributed by atoms with Gasteiger partial charge in [-0.25, -0.2) is 4.18 Å². The molecule has 0 aromatic rings. The number of carbonyl (C=O) groups is 1. The highest BCUT2D eigenvalue weighted by molar-refractivity contribution is 7.80. The van der Waals surface area contributed by atoms with Crippen LogP contribution in [-0.2, 0) is 43.1 Å². The van der Waals surface area contributed by atoms with E-state index in [1.165, 1.54) is 6.92 Å². The molecule has 7 aliphatic rings. The van der Waals surface area contributed by atoms with Gasteiger partial charge >= 0.3 is 16.4 Å². The summed E-state index contributed by atoms with van der Waals surface area (Å²) in [6, 6.07) is 0. The number of aliphatic hydroxyl groups excluding tert-OH is 5. The van der Waals surface area contributed by atoms with Crippen molar-refractivity contribution >= 4 is 16.4 Å². The van der Waals surface area contributed by atoms with Crippen molar-refractivity contribution < 1.29 is 76.3 Å². The monoisotopic (exact) mass is 846 g/mol. The molecule has 7 N–H and O–H groups in total. The Bertz CT molecular complexity index is 1720. The Labute approximate surface area is 341 Å². The van der Waals surface area contributed by atoms with Crippen molar-refractivity contribution in [2.45, 2.75) is 192 Å². The van der Waals surface area contributed by atoms with E-state index in [9.17, 15) is 48.4 Å². The molecule has 58 heavy (non-hydrogen) atoms. The zero-order valence-corrected chi connectivity index (χ0v) is 35.8. The Balaban J connectivity index is 1.15. The van der Waals surface area contributed by atoms with E-state index in [0.717, 1.165) is 24.8 Å². The van der Waals surface area contributed by atoms with Crippen LogP contribution in [0.25, 0.3) is 0 Å². The summed E-state index contributed by atoms with van der Waals surface area (Å²) in [4.78, 5) is 14.3. The Morgan fingerprint density at radius 2 is 1.59 bits per heavy atom. The molecular formula is C41H66O16S. The summed E-state index contributed by atoms with van der Waals surface area (Å²) in [5, 5.41) is 67.9. The topological polar surface area (TPSA) is 248 Å².